The molecule has 2 N–H and O–H groups in total. The number of halogens is 4. The summed E-state index contributed by atoms with van der Waals surface area (Å²) in [5.41, 5.74) is -3.96. The van der Waals surface area contributed by atoms with Crippen molar-refractivity contribution in [3.63, 3.8) is 0 Å². The van der Waals surface area contributed by atoms with Crippen LogP contribution >= 0.6 is 0 Å². The predicted octanol–water partition coefficient (Wildman–Crippen LogP) is 2.22. The van der Waals surface area contributed by atoms with E-state index in [1.165, 1.54) is 0 Å². The van der Waals surface area contributed by atoms with Crippen LogP contribution in [0.2, 0.25) is 0 Å². The van der Waals surface area contributed by atoms with Crippen LogP contribution < -0.4 is 0 Å². The summed E-state index contributed by atoms with van der Waals surface area (Å²) in [6.45, 7) is 0. The van der Waals surface area contributed by atoms with Crippen LogP contribution in [0.3, 0.4) is 0 Å². The van der Waals surface area contributed by atoms with E-state index in [2.05, 4.69) is 0 Å². The van der Waals surface area contributed by atoms with Crippen molar-refractivity contribution in [2.24, 2.45) is 0 Å². The van der Waals surface area contributed by atoms with Gasteiger partial charge in [-0.3, -0.25) is 9.11 Å². The highest BCUT2D eigenvalue weighted by atomic mass is 32.3. The molecular weight excluding hydrogens is 392 g/mol. The lowest BCUT2D eigenvalue weighted by atomic mass is 10.0. The summed E-state index contributed by atoms with van der Waals surface area (Å²) in [7, 11) is -12.6. The number of hydrogen-bond acceptors (Lipinski definition) is 4. The molecule has 0 aliphatic carbocycles. The van der Waals surface area contributed by atoms with Crippen molar-refractivity contribution in [3.8, 4) is 0 Å². The largest absolute Gasteiger partial charge is 0.297 e. The Morgan fingerprint density at radius 1 is 0.640 bits per heavy atom. The number of hydrogen-bond donors (Lipinski definition) is 2. The van der Waals surface area contributed by atoms with Gasteiger partial charge in [0.05, 0.1) is 11.1 Å². The summed E-state index contributed by atoms with van der Waals surface area (Å²) >= 11 is 0. The van der Waals surface area contributed by atoms with Gasteiger partial charge >= 0.3 is 0 Å². The lowest BCUT2D eigenvalue weighted by Gasteiger charge is -2.29. The van der Waals surface area contributed by atoms with Crippen molar-refractivity contribution in [3.05, 3.63) is 70.8 Å². The zero-order valence-corrected chi connectivity index (χ0v) is 13.5. The zero-order valence-electron chi connectivity index (χ0n) is 11.8. The van der Waals surface area contributed by atoms with Crippen molar-refractivity contribution in [1.29, 1.82) is 0 Å². The number of rotatable bonds is 4. The molecule has 12 heteroatoms. The Morgan fingerprint density at radius 3 is 1.08 bits per heavy atom. The van der Waals surface area contributed by atoms with E-state index in [1.54, 1.807) is 0 Å². The molecule has 2 aromatic carbocycles. The van der Waals surface area contributed by atoms with Gasteiger partial charge in [0.25, 0.3) is 24.3 Å². The molecule has 2 rings (SSSR count). The summed E-state index contributed by atoms with van der Waals surface area (Å²) in [4.78, 5) is 0. The third kappa shape index (κ3) is 2.80. The Morgan fingerprint density at radius 2 is 0.880 bits per heavy atom. The fourth-order valence-electron chi connectivity index (χ4n) is 2.40. The topological polar surface area (TPSA) is 109 Å². The maximum absolute atomic E-state index is 14.1. The normalized spacial score (nSPS) is 13.0. The third-order valence-corrected chi connectivity index (χ3v) is 6.84. The second-order valence-electron chi connectivity index (χ2n) is 4.76. The zero-order chi connectivity index (χ0) is 19.2. The Labute approximate surface area is 139 Å². The molecular formula is C13H8F4O6S2. The minimum Gasteiger partial charge on any atom is -0.284 e. The van der Waals surface area contributed by atoms with Crippen LogP contribution in [0.25, 0.3) is 0 Å². The molecule has 0 spiro atoms. The first-order valence-electron chi connectivity index (χ1n) is 6.18. The highest BCUT2D eigenvalue weighted by molar-refractivity contribution is 8.04. The maximum atomic E-state index is 14.1. The third-order valence-electron chi connectivity index (χ3n) is 3.31. The van der Waals surface area contributed by atoms with Crippen LogP contribution in [0.5, 0.6) is 0 Å². The van der Waals surface area contributed by atoms with Crippen LogP contribution in [0, 0.1) is 23.3 Å². The first-order chi connectivity index (χ1) is 11.4. The van der Waals surface area contributed by atoms with E-state index >= 15 is 0 Å². The van der Waals surface area contributed by atoms with E-state index in [4.69, 9.17) is 0 Å². The second kappa shape index (κ2) is 6.05. The number of benzene rings is 2. The molecule has 6 nitrogen and oxygen atoms in total. The first-order valence-corrected chi connectivity index (χ1v) is 9.06. The van der Waals surface area contributed by atoms with Gasteiger partial charge in [-0.2, -0.15) is 16.8 Å². The van der Waals surface area contributed by atoms with Gasteiger partial charge in [-0.25, -0.2) is 17.6 Å². The average molecular weight is 400 g/mol. The van der Waals surface area contributed by atoms with Crippen molar-refractivity contribution in [1.82, 2.24) is 0 Å². The van der Waals surface area contributed by atoms with Gasteiger partial charge in [-0.05, 0) is 24.3 Å². The van der Waals surface area contributed by atoms with Crippen molar-refractivity contribution in [2.45, 2.75) is 4.08 Å². The van der Waals surface area contributed by atoms with E-state index < -0.39 is 58.7 Å². The Bertz CT molecular complexity index is 924. The van der Waals surface area contributed by atoms with E-state index in [9.17, 15) is 43.5 Å². The maximum Gasteiger partial charge on any atom is 0.297 e. The molecule has 0 amide bonds. The van der Waals surface area contributed by atoms with Crippen LogP contribution in [0.1, 0.15) is 11.1 Å². The van der Waals surface area contributed by atoms with Crippen LogP contribution in [0.15, 0.2) is 36.4 Å². The van der Waals surface area contributed by atoms with E-state index in [-0.39, 0.29) is 0 Å². The van der Waals surface area contributed by atoms with Gasteiger partial charge in [-0.1, -0.05) is 12.1 Å². The van der Waals surface area contributed by atoms with Gasteiger partial charge in [0.15, 0.2) is 0 Å². The molecule has 2 aromatic rings. The van der Waals surface area contributed by atoms with Crippen molar-refractivity contribution in [2.75, 3.05) is 0 Å². The molecule has 0 bridgehead atoms. The summed E-state index contributed by atoms with van der Waals surface area (Å²) in [6.07, 6.45) is 0. The summed E-state index contributed by atoms with van der Waals surface area (Å²) in [5, 5.41) is 0. The molecule has 0 heterocycles. The molecule has 0 saturated carbocycles. The molecule has 0 aliphatic rings. The smallest absolute Gasteiger partial charge is 0.284 e. The Kier molecular flexibility index (Phi) is 4.67. The molecule has 0 atom stereocenters. The molecule has 136 valence electrons. The van der Waals surface area contributed by atoms with Crippen molar-refractivity contribution < 1.29 is 43.5 Å². The highest BCUT2D eigenvalue weighted by Crippen LogP contribution is 2.46. The van der Waals surface area contributed by atoms with Gasteiger partial charge in [0, 0.05) is 0 Å². The SMILES string of the molecule is O=S(=O)(O)C(c1c(F)cccc1F)(c1c(F)cccc1F)S(=O)(=O)O. The predicted molar refractivity (Wildman–Crippen MR) is 76.6 cm³/mol. The second-order valence-corrected chi connectivity index (χ2v) is 8.14. The average Bonchev–Trinajstić information content (AvgIpc) is 2.42. The van der Waals surface area contributed by atoms with Crippen molar-refractivity contribution >= 4 is 20.2 Å². The molecule has 0 fully saturated rings. The Balaban J connectivity index is 3.29. The van der Waals surface area contributed by atoms with Gasteiger partial charge in [0.1, 0.15) is 23.3 Å². The molecule has 0 radical (unpaired) electrons. The standard InChI is InChI=1S/C13H8F4O6S2/c14-7-3-1-4-8(15)11(7)13(24(18,19)20,25(21,22)23)12-9(16)5-2-6-10(12)17/h1-6H,(H,18,19,20)(H,21,22,23). The fourth-order valence-corrected chi connectivity index (χ4v) is 5.27. The summed E-state index contributed by atoms with van der Waals surface area (Å²) < 4.78 is 118. The van der Waals surface area contributed by atoms with E-state index in [0.29, 0.717) is 36.4 Å². The van der Waals surface area contributed by atoms with E-state index in [1.807, 2.05) is 0 Å². The molecule has 0 unspecified atom stereocenters. The monoisotopic (exact) mass is 400 g/mol. The fraction of sp³-hybridized carbons (Fsp3) is 0.0769. The lowest BCUT2D eigenvalue weighted by molar-refractivity contribution is 0.415. The van der Waals surface area contributed by atoms with Crippen LogP contribution in [-0.4, -0.2) is 25.9 Å². The minimum atomic E-state index is -6.28. The molecule has 0 saturated heterocycles. The Hall–Kier alpha value is -2.02. The first kappa shape index (κ1) is 19.3. The molecule has 0 aliphatic heterocycles. The van der Waals surface area contributed by atoms with E-state index in [0.717, 1.165) is 0 Å². The highest BCUT2D eigenvalue weighted by Gasteiger charge is 2.63. The lowest BCUT2D eigenvalue weighted by Crippen LogP contribution is -2.47. The van der Waals surface area contributed by atoms with Crippen LogP contribution in [-0.2, 0) is 24.3 Å². The summed E-state index contributed by atoms with van der Waals surface area (Å²) in [5.74, 6) is -7.56. The summed E-state index contributed by atoms with van der Waals surface area (Å²) in [6, 6.07) is 2.91. The van der Waals surface area contributed by atoms with Crippen LogP contribution in [0.4, 0.5) is 17.6 Å². The van der Waals surface area contributed by atoms with Gasteiger partial charge in [-0.15, -0.1) is 0 Å². The quantitative estimate of drug-likeness (QED) is 0.602. The van der Waals surface area contributed by atoms with Gasteiger partial charge < -0.3 is 0 Å². The minimum absolute atomic E-state index is 0.377. The molecule has 25 heavy (non-hydrogen) atoms. The molecule has 0 aromatic heterocycles. The van der Waals surface area contributed by atoms with Gasteiger partial charge in [0.2, 0.25) is 0 Å².